The molecule has 2 fully saturated rings. The van der Waals surface area contributed by atoms with Gasteiger partial charge in [-0.1, -0.05) is 37.8 Å². The van der Waals surface area contributed by atoms with Crippen molar-refractivity contribution < 1.29 is 29.3 Å². The average Bonchev–Trinajstić information content (AvgIpc) is 3.03. The number of carboxylic acid groups (broad SMARTS) is 2. The van der Waals surface area contributed by atoms with Crippen molar-refractivity contribution in [3.05, 3.63) is 29.8 Å². The number of carboxylic acids is 2. The summed E-state index contributed by atoms with van der Waals surface area (Å²) in [7, 11) is 1.71. The number of amides is 1. The molecule has 1 saturated carbocycles. The van der Waals surface area contributed by atoms with Crippen LogP contribution in [0.5, 0.6) is 5.75 Å². The first-order chi connectivity index (χ1) is 14.9. The van der Waals surface area contributed by atoms with Crippen LogP contribution in [0.25, 0.3) is 0 Å². The first kappa shape index (κ1) is 24.7. The summed E-state index contributed by atoms with van der Waals surface area (Å²) in [5, 5.41) is 18.1. The molecular weight excluding hydrogens is 400 g/mol. The van der Waals surface area contributed by atoms with Crippen LogP contribution in [0, 0.1) is 5.92 Å². The first-order valence-corrected chi connectivity index (χ1v) is 11.0. The third-order valence-electron chi connectivity index (χ3n) is 5.88. The smallest absolute Gasteiger partial charge is 0.414 e. The molecule has 0 unspecified atom stereocenters. The number of ether oxygens (including phenoxy) is 1. The quantitative estimate of drug-likeness (QED) is 0.482. The van der Waals surface area contributed by atoms with Crippen molar-refractivity contribution in [3.8, 4) is 5.75 Å². The lowest BCUT2D eigenvalue weighted by atomic mass is 9.94. The molecule has 1 aromatic carbocycles. The van der Waals surface area contributed by atoms with E-state index >= 15 is 0 Å². The Balaban J connectivity index is 0.000000501. The van der Waals surface area contributed by atoms with Gasteiger partial charge in [-0.05, 0) is 56.5 Å². The van der Waals surface area contributed by atoms with Crippen molar-refractivity contribution >= 4 is 17.8 Å². The number of nitrogens with one attached hydrogen (secondary N) is 1. The van der Waals surface area contributed by atoms with Crippen LogP contribution in [-0.2, 0) is 20.9 Å². The summed E-state index contributed by atoms with van der Waals surface area (Å²) >= 11 is 0. The van der Waals surface area contributed by atoms with E-state index in [1.54, 1.807) is 7.11 Å². The fourth-order valence-electron chi connectivity index (χ4n) is 4.13. The fourth-order valence-corrected chi connectivity index (χ4v) is 4.13. The van der Waals surface area contributed by atoms with Crippen molar-refractivity contribution in [2.75, 3.05) is 20.2 Å². The summed E-state index contributed by atoms with van der Waals surface area (Å²) < 4.78 is 5.30. The van der Waals surface area contributed by atoms with Crippen LogP contribution in [0.2, 0.25) is 0 Å². The number of rotatable bonds is 5. The molecule has 3 rings (SSSR count). The summed E-state index contributed by atoms with van der Waals surface area (Å²) in [5.74, 6) is -2.24. The highest BCUT2D eigenvalue weighted by atomic mass is 16.5. The van der Waals surface area contributed by atoms with E-state index in [0.29, 0.717) is 11.9 Å². The van der Waals surface area contributed by atoms with E-state index < -0.39 is 11.9 Å². The molecule has 0 atom stereocenters. The van der Waals surface area contributed by atoms with Gasteiger partial charge in [0.25, 0.3) is 0 Å². The molecule has 1 saturated heterocycles. The third-order valence-corrected chi connectivity index (χ3v) is 5.88. The van der Waals surface area contributed by atoms with E-state index in [1.807, 2.05) is 12.1 Å². The third kappa shape index (κ3) is 8.96. The second kappa shape index (κ2) is 12.9. The number of methoxy groups -OCH3 is 1. The summed E-state index contributed by atoms with van der Waals surface area (Å²) in [6.45, 7) is 2.94. The SMILES string of the molecule is COc1cccc(CN2CCC(C(=O)NC3CCCCCC3)CC2)c1.O=C(O)C(=O)O. The van der Waals surface area contributed by atoms with Crippen LogP contribution in [0.3, 0.4) is 0 Å². The zero-order valence-corrected chi connectivity index (χ0v) is 18.2. The van der Waals surface area contributed by atoms with E-state index in [0.717, 1.165) is 38.2 Å². The van der Waals surface area contributed by atoms with E-state index in [9.17, 15) is 4.79 Å². The zero-order chi connectivity index (χ0) is 22.6. The molecule has 0 aromatic heterocycles. The van der Waals surface area contributed by atoms with Crippen LogP contribution in [0.4, 0.5) is 0 Å². The van der Waals surface area contributed by atoms with Crippen LogP contribution in [0.15, 0.2) is 24.3 Å². The molecule has 1 aliphatic heterocycles. The van der Waals surface area contributed by atoms with Crippen molar-refractivity contribution in [2.24, 2.45) is 5.92 Å². The Morgan fingerprint density at radius 2 is 1.61 bits per heavy atom. The number of hydrogen-bond acceptors (Lipinski definition) is 5. The number of hydrogen-bond donors (Lipinski definition) is 3. The molecule has 1 heterocycles. The predicted octanol–water partition coefficient (Wildman–Crippen LogP) is 2.90. The van der Waals surface area contributed by atoms with Crippen molar-refractivity contribution in [3.63, 3.8) is 0 Å². The minimum Gasteiger partial charge on any atom is -0.497 e. The maximum atomic E-state index is 12.6. The van der Waals surface area contributed by atoms with Gasteiger partial charge < -0.3 is 20.3 Å². The zero-order valence-electron chi connectivity index (χ0n) is 18.2. The number of carbonyl (C=O) groups excluding carboxylic acids is 1. The van der Waals surface area contributed by atoms with Gasteiger partial charge in [0.15, 0.2) is 0 Å². The first-order valence-electron chi connectivity index (χ1n) is 11.0. The lowest BCUT2D eigenvalue weighted by Gasteiger charge is -2.32. The lowest BCUT2D eigenvalue weighted by Crippen LogP contribution is -2.43. The summed E-state index contributed by atoms with van der Waals surface area (Å²) in [6.07, 6.45) is 9.48. The standard InChI is InChI=1S/C21H32N2O2.C2H2O4/c1-25-20-10-6-7-17(15-20)16-23-13-11-18(12-14-23)21(24)22-19-8-4-2-3-5-9-19;3-1(4)2(5)6/h6-7,10,15,18-19H,2-5,8-9,11-14,16H2,1H3,(H,22,24);(H,3,4)(H,5,6). The average molecular weight is 435 g/mol. The number of aliphatic carboxylic acids is 2. The lowest BCUT2D eigenvalue weighted by molar-refractivity contribution is -0.159. The number of likely N-dealkylation sites (tertiary alicyclic amines) is 1. The molecule has 1 aromatic rings. The normalized spacial score (nSPS) is 18.2. The summed E-state index contributed by atoms with van der Waals surface area (Å²) in [4.78, 5) is 33.2. The molecule has 1 amide bonds. The molecule has 1 aliphatic carbocycles. The minimum atomic E-state index is -1.82. The molecule has 0 bridgehead atoms. The highest BCUT2D eigenvalue weighted by molar-refractivity contribution is 6.27. The molecule has 8 nitrogen and oxygen atoms in total. The molecule has 8 heteroatoms. The largest absolute Gasteiger partial charge is 0.497 e. The van der Waals surface area contributed by atoms with Gasteiger partial charge in [0.2, 0.25) is 5.91 Å². The van der Waals surface area contributed by atoms with Gasteiger partial charge in [0, 0.05) is 18.5 Å². The van der Waals surface area contributed by atoms with Gasteiger partial charge in [-0.2, -0.15) is 0 Å². The van der Waals surface area contributed by atoms with Gasteiger partial charge in [-0.25, -0.2) is 9.59 Å². The van der Waals surface area contributed by atoms with Crippen LogP contribution < -0.4 is 10.1 Å². The van der Waals surface area contributed by atoms with Crippen molar-refractivity contribution in [1.82, 2.24) is 10.2 Å². The van der Waals surface area contributed by atoms with Crippen LogP contribution in [0.1, 0.15) is 56.9 Å². The highest BCUT2D eigenvalue weighted by Crippen LogP contribution is 2.22. The molecule has 0 radical (unpaired) electrons. The maximum Gasteiger partial charge on any atom is 0.414 e. The van der Waals surface area contributed by atoms with Gasteiger partial charge in [-0.15, -0.1) is 0 Å². The van der Waals surface area contributed by atoms with Gasteiger partial charge >= 0.3 is 11.9 Å². The van der Waals surface area contributed by atoms with E-state index in [4.69, 9.17) is 24.5 Å². The Kier molecular flexibility index (Phi) is 10.3. The molecule has 3 N–H and O–H groups in total. The topological polar surface area (TPSA) is 116 Å². The van der Waals surface area contributed by atoms with Gasteiger partial charge in [0.05, 0.1) is 7.11 Å². The fraction of sp³-hybridized carbons (Fsp3) is 0.609. The minimum absolute atomic E-state index is 0.199. The number of benzene rings is 1. The van der Waals surface area contributed by atoms with Gasteiger partial charge in [-0.3, -0.25) is 9.69 Å². The van der Waals surface area contributed by atoms with Crippen molar-refractivity contribution in [1.29, 1.82) is 0 Å². The summed E-state index contributed by atoms with van der Waals surface area (Å²) in [6, 6.07) is 8.69. The second-order valence-corrected chi connectivity index (χ2v) is 8.21. The summed E-state index contributed by atoms with van der Waals surface area (Å²) in [5.41, 5.74) is 1.28. The predicted molar refractivity (Wildman–Crippen MR) is 116 cm³/mol. The maximum absolute atomic E-state index is 12.6. The molecular formula is C23H34N2O6. The monoisotopic (exact) mass is 434 g/mol. The number of piperidine rings is 1. The Bertz CT molecular complexity index is 711. The number of carbonyl (C=O) groups is 3. The molecule has 31 heavy (non-hydrogen) atoms. The molecule has 0 spiro atoms. The molecule has 172 valence electrons. The Labute approximate surface area is 183 Å². The molecule has 2 aliphatic rings. The Morgan fingerprint density at radius 1 is 1.00 bits per heavy atom. The van der Waals surface area contributed by atoms with E-state index in [-0.39, 0.29) is 5.92 Å². The number of nitrogens with zero attached hydrogens (tertiary/aromatic N) is 1. The van der Waals surface area contributed by atoms with Gasteiger partial charge in [0.1, 0.15) is 5.75 Å². The second-order valence-electron chi connectivity index (χ2n) is 8.21. The van der Waals surface area contributed by atoms with E-state index in [2.05, 4.69) is 22.3 Å². The van der Waals surface area contributed by atoms with Crippen molar-refractivity contribution in [2.45, 2.75) is 64.0 Å². The van der Waals surface area contributed by atoms with E-state index in [1.165, 1.54) is 44.1 Å². The van der Waals surface area contributed by atoms with Crippen LogP contribution >= 0.6 is 0 Å². The van der Waals surface area contributed by atoms with Crippen LogP contribution in [-0.4, -0.2) is 59.2 Å². The Morgan fingerprint density at radius 3 is 2.16 bits per heavy atom. The highest BCUT2D eigenvalue weighted by Gasteiger charge is 2.26. The Hall–Kier alpha value is -2.61.